The SMILES string of the molecule is CN1CCC(c2ccc(-n3cccc(N)c3=O)cc2)CC1.CN1CCC(c2ccc(-n3cccc([N+](=O)[O-])c3=O)cc2)CC1.CN1CCC(c2ccc(B3OC(C)(C)C(C)(C)O3)cc2)CC1.O=c1[nH]cccc1[N+](=O)[O-]. The second-order valence-corrected chi connectivity index (χ2v) is 21.3. The Bertz CT molecular complexity index is 3050. The van der Waals surface area contributed by atoms with Crippen molar-refractivity contribution in [2.75, 3.05) is 66.1 Å². The summed E-state index contributed by atoms with van der Waals surface area (Å²) in [5, 5.41) is 20.9. The Balaban J connectivity index is 0.000000152. The Morgan fingerprint density at radius 3 is 1.29 bits per heavy atom. The van der Waals surface area contributed by atoms with Gasteiger partial charge in [0.1, 0.15) is 0 Å². The van der Waals surface area contributed by atoms with E-state index in [1.54, 1.807) is 29.1 Å². The highest BCUT2D eigenvalue weighted by atomic mass is 16.7. The zero-order chi connectivity index (χ0) is 54.7. The van der Waals surface area contributed by atoms with Gasteiger partial charge in [-0.2, -0.15) is 0 Å². The fraction of sp³-hybridized carbons (Fsp3) is 0.421. The maximum Gasteiger partial charge on any atom is 0.494 e. The normalized spacial score (nSPS) is 18.3. The summed E-state index contributed by atoms with van der Waals surface area (Å²) in [5.74, 6) is 1.87. The van der Waals surface area contributed by atoms with Gasteiger partial charge in [-0.15, -0.1) is 0 Å². The molecule has 4 aliphatic rings. The van der Waals surface area contributed by atoms with Gasteiger partial charge in [0.2, 0.25) is 0 Å². The minimum atomic E-state index is -0.723. The number of aromatic amines is 1. The van der Waals surface area contributed by atoms with Crippen LogP contribution < -0.4 is 27.9 Å². The number of nitrogens with zero attached hydrogens (tertiary/aromatic N) is 7. The van der Waals surface area contributed by atoms with Crippen molar-refractivity contribution in [3.05, 3.63) is 196 Å². The molecule has 0 spiro atoms. The van der Waals surface area contributed by atoms with E-state index in [0.717, 1.165) is 56.2 Å². The minimum Gasteiger partial charge on any atom is -0.399 e. The van der Waals surface area contributed by atoms with E-state index < -0.39 is 32.3 Å². The molecule has 10 rings (SSSR count). The third-order valence-corrected chi connectivity index (χ3v) is 15.5. The van der Waals surface area contributed by atoms with Gasteiger partial charge in [0.05, 0.1) is 26.7 Å². The Labute approximate surface area is 444 Å². The lowest BCUT2D eigenvalue weighted by Crippen LogP contribution is -2.41. The number of hydrogen-bond donors (Lipinski definition) is 2. The number of pyridine rings is 3. The van der Waals surface area contributed by atoms with Crippen LogP contribution in [0.4, 0.5) is 17.1 Å². The van der Waals surface area contributed by atoms with Crippen LogP contribution in [0.15, 0.2) is 142 Å². The molecule has 0 radical (unpaired) electrons. The smallest absolute Gasteiger partial charge is 0.399 e. The van der Waals surface area contributed by atoms with Crippen molar-refractivity contribution in [1.82, 2.24) is 28.8 Å². The van der Waals surface area contributed by atoms with E-state index in [9.17, 15) is 34.6 Å². The monoisotopic (exact) mass is 1040 g/mol. The largest absolute Gasteiger partial charge is 0.494 e. The molecule has 402 valence electrons. The molecule has 19 heteroatoms. The van der Waals surface area contributed by atoms with Crippen molar-refractivity contribution in [2.45, 2.75) is 95.2 Å². The van der Waals surface area contributed by atoms with E-state index in [4.69, 9.17) is 15.0 Å². The van der Waals surface area contributed by atoms with Crippen LogP contribution in [0.2, 0.25) is 0 Å². The van der Waals surface area contributed by atoms with Gasteiger partial charge in [-0.3, -0.25) is 43.7 Å². The number of piperidine rings is 3. The maximum atomic E-state index is 12.1. The molecule has 4 aliphatic heterocycles. The molecule has 7 heterocycles. The molecule has 76 heavy (non-hydrogen) atoms. The lowest BCUT2D eigenvalue weighted by Gasteiger charge is -2.32. The fourth-order valence-corrected chi connectivity index (χ4v) is 9.84. The Hall–Kier alpha value is -7.03. The molecule has 4 saturated heterocycles. The number of nitrogens with one attached hydrogen (secondary N) is 1. The first kappa shape index (κ1) is 56.7. The van der Waals surface area contributed by atoms with Crippen LogP contribution in [0, 0.1) is 20.2 Å². The van der Waals surface area contributed by atoms with Crippen LogP contribution in [-0.2, 0) is 9.31 Å². The number of nitrogen functional groups attached to an aromatic ring is 1. The number of benzene rings is 3. The molecule has 0 unspecified atom stereocenters. The van der Waals surface area contributed by atoms with Crippen LogP contribution in [0.3, 0.4) is 0 Å². The first-order valence-corrected chi connectivity index (χ1v) is 26.1. The molecule has 0 bridgehead atoms. The van der Waals surface area contributed by atoms with Crippen LogP contribution in [0.5, 0.6) is 0 Å². The summed E-state index contributed by atoms with van der Waals surface area (Å²) in [5.41, 5.74) is 9.84. The van der Waals surface area contributed by atoms with Crippen LogP contribution in [0.25, 0.3) is 11.4 Å². The first-order valence-electron chi connectivity index (χ1n) is 26.1. The topological polar surface area (TPSA) is 217 Å². The van der Waals surface area contributed by atoms with Crippen LogP contribution >= 0.6 is 0 Å². The molecule has 0 saturated carbocycles. The summed E-state index contributed by atoms with van der Waals surface area (Å²) in [7, 11) is 6.26. The zero-order valence-electron chi connectivity index (χ0n) is 44.8. The number of likely N-dealkylation sites (tertiary alicyclic amines) is 3. The number of hydrogen-bond acceptors (Lipinski definition) is 13. The number of nitrogens with two attached hydrogens (primary N) is 1. The van der Waals surface area contributed by atoms with Gasteiger partial charge in [-0.05, 0) is 215 Å². The first-order chi connectivity index (χ1) is 36.2. The Kier molecular flexibility index (Phi) is 18.8. The Morgan fingerprint density at radius 1 is 0.539 bits per heavy atom. The number of H-pyrrole nitrogens is 1. The summed E-state index contributed by atoms with van der Waals surface area (Å²) < 4.78 is 15.1. The average molecular weight is 1040 g/mol. The lowest BCUT2D eigenvalue weighted by molar-refractivity contribution is -0.386. The van der Waals surface area contributed by atoms with Gasteiger partial charge < -0.3 is 34.7 Å². The molecule has 0 aliphatic carbocycles. The van der Waals surface area contributed by atoms with Gasteiger partial charge in [-0.1, -0.05) is 48.5 Å². The van der Waals surface area contributed by atoms with Gasteiger partial charge >= 0.3 is 29.6 Å². The second-order valence-electron chi connectivity index (χ2n) is 21.3. The van der Waals surface area contributed by atoms with Crippen molar-refractivity contribution in [3.63, 3.8) is 0 Å². The number of anilines is 1. The summed E-state index contributed by atoms with van der Waals surface area (Å²) in [4.78, 5) is 63.5. The van der Waals surface area contributed by atoms with Crippen LogP contribution in [-0.4, -0.2) is 117 Å². The minimum absolute atomic E-state index is 0.162. The van der Waals surface area contributed by atoms with Crippen molar-refractivity contribution >= 4 is 29.6 Å². The molecule has 18 nitrogen and oxygen atoms in total. The molecule has 0 amide bonds. The molecular weight excluding hydrogens is 965 g/mol. The van der Waals surface area contributed by atoms with E-state index >= 15 is 0 Å². The second kappa shape index (κ2) is 25.2. The summed E-state index contributed by atoms with van der Waals surface area (Å²) in [6.07, 6.45) is 11.8. The molecule has 6 aromatic rings. The van der Waals surface area contributed by atoms with Crippen molar-refractivity contribution in [2.24, 2.45) is 0 Å². The highest BCUT2D eigenvalue weighted by molar-refractivity contribution is 6.62. The molecule has 3 aromatic carbocycles. The van der Waals surface area contributed by atoms with E-state index in [-0.39, 0.29) is 29.6 Å². The van der Waals surface area contributed by atoms with E-state index in [1.807, 2.05) is 36.4 Å². The van der Waals surface area contributed by atoms with Gasteiger partial charge in [-0.25, -0.2) is 0 Å². The summed E-state index contributed by atoms with van der Waals surface area (Å²) >= 11 is 0. The van der Waals surface area contributed by atoms with Gasteiger partial charge in [0.15, 0.2) is 0 Å². The van der Waals surface area contributed by atoms with E-state index in [0.29, 0.717) is 23.4 Å². The number of rotatable bonds is 8. The molecule has 4 fully saturated rings. The number of aromatic nitrogens is 3. The van der Waals surface area contributed by atoms with Crippen molar-refractivity contribution < 1.29 is 19.2 Å². The molecule has 3 aromatic heterocycles. The fourth-order valence-electron chi connectivity index (χ4n) is 9.84. The highest BCUT2D eigenvalue weighted by Gasteiger charge is 2.51. The third-order valence-electron chi connectivity index (χ3n) is 15.5. The quantitative estimate of drug-likeness (QED) is 0.0844. The van der Waals surface area contributed by atoms with Crippen molar-refractivity contribution in [3.8, 4) is 11.4 Å². The molecular formula is C57H72BN9O9. The summed E-state index contributed by atoms with van der Waals surface area (Å²) in [6.45, 7) is 15.3. The third kappa shape index (κ3) is 14.3. The Morgan fingerprint density at radius 2 is 0.908 bits per heavy atom. The van der Waals surface area contributed by atoms with Crippen LogP contribution in [0.1, 0.15) is 101 Å². The lowest BCUT2D eigenvalue weighted by atomic mass is 9.77. The zero-order valence-corrected chi connectivity index (χ0v) is 44.8. The molecule has 0 atom stereocenters. The van der Waals surface area contributed by atoms with Gasteiger partial charge in [0, 0.05) is 42.1 Å². The molecule has 3 N–H and O–H groups in total. The van der Waals surface area contributed by atoms with Gasteiger partial charge in [0.25, 0.3) is 5.56 Å². The predicted molar refractivity (Wildman–Crippen MR) is 299 cm³/mol. The maximum absolute atomic E-state index is 12.1. The highest BCUT2D eigenvalue weighted by Crippen LogP contribution is 2.37. The van der Waals surface area contributed by atoms with E-state index in [2.05, 4.69) is 105 Å². The van der Waals surface area contributed by atoms with Crippen molar-refractivity contribution in [1.29, 1.82) is 0 Å². The average Bonchev–Trinajstić information content (AvgIpc) is 3.64. The number of nitro groups is 2. The summed E-state index contributed by atoms with van der Waals surface area (Å²) in [6, 6.07) is 33.7. The van der Waals surface area contributed by atoms with E-state index in [1.165, 1.54) is 84.4 Å². The standard InChI is InChI=1S/C18H28BNO2.C17H19N3O3.C17H21N3O.C5H4N2O3/c1-17(2)18(3,4)22-19(21-17)16-8-6-14(7-9-16)15-10-12-20(5)13-11-15;1-18-11-8-14(9-12-18)13-4-6-15(7-5-13)19-10-2-3-16(17(19)21)20(22)23;1-19-11-8-14(9-12-19)13-4-6-15(7-5-13)20-10-2-3-16(18)17(20)21;8-5-4(7(9)10)2-1-3-6-5/h6-9,15H,10-13H2,1-5H3;2-7,10,14H,8-9,11-12H2,1H3;2-7,10,14H,8-9,11-12,18H2,1H3;1-3H,(H,6,8). The predicted octanol–water partition coefficient (Wildman–Crippen LogP) is 7.86.